The molecule has 0 saturated carbocycles. The van der Waals surface area contributed by atoms with Crippen molar-refractivity contribution in [3.05, 3.63) is 108 Å². The smallest absolute Gasteiger partial charge is 0.275 e. The van der Waals surface area contributed by atoms with Gasteiger partial charge in [-0.05, 0) is 41.5 Å². The minimum absolute atomic E-state index is 0.0742. The Kier molecular flexibility index (Phi) is 9.94. The van der Waals surface area contributed by atoms with Crippen molar-refractivity contribution in [1.29, 1.82) is 10.5 Å². The van der Waals surface area contributed by atoms with Crippen LogP contribution in [0.3, 0.4) is 0 Å². The highest BCUT2D eigenvalue weighted by atomic mass is 35.5. The normalized spacial score (nSPS) is 11.8. The van der Waals surface area contributed by atoms with Crippen molar-refractivity contribution in [3.8, 4) is 12.1 Å². The van der Waals surface area contributed by atoms with Crippen LogP contribution in [0.5, 0.6) is 0 Å². The van der Waals surface area contributed by atoms with Gasteiger partial charge in [0.15, 0.2) is 0 Å². The maximum absolute atomic E-state index is 11.0. The highest BCUT2D eigenvalue weighted by Crippen LogP contribution is 2.37. The molecule has 168 valence electrons. The Morgan fingerprint density at radius 2 is 1.52 bits per heavy atom. The summed E-state index contributed by atoms with van der Waals surface area (Å²) >= 11 is 23.1. The Hall–Kier alpha value is -2.84. The number of aliphatic hydroxyl groups excluding tert-OH is 1. The van der Waals surface area contributed by atoms with Gasteiger partial charge in [0, 0.05) is 6.07 Å². The molecule has 1 N–H and O–H groups in total. The van der Waals surface area contributed by atoms with E-state index >= 15 is 0 Å². The standard InChI is InChI=1S/C15H10Cl2N2O3.C8H5Cl2N/c16-12-6-5-9(7-13(12)17)11(8-18)15(20)10-3-1-2-4-14(10)19(21)22;9-7-2-1-6(3-4-11)5-8(7)10/h1-7,11,15,20H;1-2,5H,3H2. The number of nitro benzene ring substituents is 1. The Bertz CT molecular complexity index is 1240. The predicted octanol–water partition coefficient (Wildman–Crippen LogP) is 7.30. The van der Waals surface area contributed by atoms with Gasteiger partial charge >= 0.3 is 0 Å². The molecule has 6 nitrogen and oxygen atoms in total. The number of nitro groups is 1. The zero-order chi connectivity index (χ0) is 24.5. The Morgan fingerprint density at radius 1 is 0.909 bits per heavy atom. The lowest BCUT2D eigenvalue weighted by atomic mass is 9.89. The van der Waals surface area contributed by atoms with Crippen LogP contribution < -0.4 is 0 Å². The van der Waals surface area contributed by atoms with E-state index in [0.29, 0.717) is 27.1 Å². The molecule has 2 unspecified atom stereocenters. The van der Waals surface area contributed by atoms with E-state index in [1.807, 2.05) is 12.1 Å². The third-order valence-electron chi connectivity index (χ3n) is 4.48. The predicted molar refractivity (Wildman–Crippen MR) is 129 cm³/mol. The maximum atomic E-state index is 11.0. The first kappa shape index (κ1) is 26.4. The SMILES string of the molecule is N#CC(c1ccc(Cl)c(Cl)c1)C(O)c1ccccc1[N+](=O)[O-].N#CCc1ccc(Cl)c(Cl)c1. The average Bonchev–Trinajstić information content (AvgIpc) is 2.79. The van der Waals surface area contributed by atoms with Crippen LogP contribution in [0.2, 0.25) is 20.1 Å². The molecule has 3 rings (SSSR count). The molecule has 0 fully saturated rings. The molecule has 0 saturated heterocycles. The van der Waals surface area contributed by atoms with Crippen LogP contribution in [0.15, 0.2) is 60.7 Å². The van der Waals surface area contributed by atoms with E-state index < -0.39 is 16.9 Å². The number of hydrogen-bond donors (Lipinski definition) is 1. The van der Waals surface area contributed by atoms with E-state index in [1.165, 1.54) is 30.3 Å². The number of benzene rings is 3. The van der Waals surface area contributed by atoms with Crippen molar-refractivity contribution in [1.82, 2.24) is 0 Å². The monoisotopic (exact) mass is 521 g/mol. The molecular weight excluding hydrogens is 508 g/mol. The molecule has 2 atom stereocenters. The topological polar surface area (TPSA) is 111 Å². The number of aliphatic hydroxyl groups is 1. The highest BCUT2D eigenvalue weighted by molar-refractivity contribution is 6.42. The summed E-state index contributed by atoms with van der Waals surface area (Å²) < 4.78 is 0. The molecule has 3 aromatic rings. The van der Waals surface area contributed by atoms with E-state index in [-0.39, 0.29) is 16.3 Å². The minimum Gasteiger partial charge on any atom is -0.386 e. The quantitative estimate of drug-likeness (QED) is 0.279. The maximum Gasteiger partial charge on any atom is 0.275 e. The fourth-order valence-corrected chi connectivity index (χ4v) is 3.48. The van der Waals surface area contributed by atoms with E-state index in [1.54, 1.807) is 30.3 Å². The molecule has 0 aliphatic heterocycles. The fraction of sp³-hybridized carbons (Fsp3) is 0.130. The summed E-state index contributed by atoms with van der Waals surface area (Å²) in [6, 6.07) is 19.5. The van der Waals surface area contributed by atoms with Gasteiger partial charge in [-0.3, -0.25) is 10.1 Å². The Labute approximate surface area is 210 Å². The zero-order valence-corrected chi connectivity index (χ0v) is 19.8. The van der Waals surface area contributed by atoms with Crippen LogP contribution in [0.25, 0.3) is 0 Å². The summed E-state index contributed by atoms with van der Waals surface area (Å²) in [4.78, 5) is 10.4. The molecule has 0 radical (unpaired) electrons. The average molecular weight is 523 g/mol. The third-order valence-corrected chi connectivity index (χ3v) is 5.95. The van der Waals surface area contributed by atoms with Crippen molar-refractivity contribution < 1.29 is 10.0 Å². The Morgan fingerprint density at radius 3 is 2.06 bits per heavy atom. The number of halogens is 4. The number of rotatable bonds is 5. The first-order valence-corrected chi connectivity index (χ1v) is 10.8. The minimum atomic E-state index is -1.36. The molecule has 3 aromatic carbocycles. The summed E-state index contributed by atoms with van der Waals surface area (Å²) in [6.07, 6.45) is -0.986. The number of nitrogens with zero attached hydrogens (tertiary/aromatic N) is 3. The van der Waals surface area contributed by atoms with Gasteiger partial charge in [0.1, 0.15) is 12.0 Å². The second-order valence-electron chi connectivity index (χ2n) is 6.62. The molecule has 0 amide bonds. The van der Waals surface area contributed by atoms with Crippen molar-refractivity contribution in [2.75, 3.05) is 0 Å². The molecular formula is C23H15Cl4N3O3. The van der Waals surface area contributed by atoms with Crippen LogP contribution in [0.4, 0.5) is 5.69 Å². The van der Waals surface area contributed by atoms with Gasteiger partial charge in [0.25, 0.3) is 5.69 Å². The first-order chi connectivity index (χ1) is 15.7. The second kappa shape index (κ2) is 12.4. The summed E-state index contributed by atoms with van der Waals surface area (Å²) in [5.41, 5.74) is 1.16. The number of para-hydroxylation sites is 1. The summed E-state index contributed by atoms with van der Waals surface area (Å²) in [5.74, 6) is -1.00. The van der Waals surface area contributed by atoms with Crippen LogP contribution >= 0.6 is 46.4 Å². The van der Waals surface area contributed by atoms with Crippen LogP contribution in [-0.4, -0.2) is 10.0 Å². The summed E-state index contributed by atoms with van der Waals surface area (Å²) in [5, 5.41) is 40.8. The molecule has 0 aliphatic rings. The van der Waals surface area contributed by atoms with Crippen molar-refractivity contribution in [2.45, 2.75) is 18.4 Å². The van der Waals surface area contributed by atoms with Gasteiger partial charge in [0.2, 0.25) is 0 Å². The number of nitriles is 2. The molecule has 0 heterocycles. The molecule has 0 bridgehead atoms. The summed E-state index contributed by atoms with van der Waals surface area (Å²) in [6.45, 7) is 0. The van der Waals surface area contributed by atoms with Gasteiger partial charge in [-0.1, -0.05) is 70.7 Å². The van der Waals surface area contributed by atoms with Crippen molar-refractivity contribution in [3.63, 3.8) is 0 Å². The first-order valence-electron chi connectivity index (χ1n) is 9.26. The van der Waals surface area contributed by atoms with Crippen LogP contribution in [0, 0.1) is 32.8 Å². The molecule has 0 aromatic heterocycles. The third kappa shape index (κ3) is 7.07. The lowest BCUT2D eigenvalue weighted by molar-refractivity contribution is -0.386. The van der Waals surface area contributed by atoms with Gasteiger partial charge < -0.3 is 5.11 Å². The van der Waals surface area contributed by atoms with Crippen LogP contribution in [0.1, 0.15) is 28.7 Å². The molecule has 33 heavy (non-hydrogen) atoms. The lowest BCUT2D eigenvalue weighted by Gasteiger charge is -2.17. The molecule has 0 spiro atoms. The van der Waals surface area contributed by atoms with Gasteiger partial charge in [-0.2, -0.15) is 10.5 Å². The second-order valence-corrected chi connectivity index (χ2v) is 8.25. The fourth-order valence-electron chi connectivity index (χ4n) is 2.86. The van der Waals surface area contributed by atoms with E-state index in [2.05, 4.69) is 0 Å². The van der Waals surface area contributed by atoms with Gasteiger partial charge in [-0.15, -0.1) is 0 Å². The summed E-state index contributed by atoms with van der Waals surface area (Å²) in [7, 11) is 0. The zero-order valence-electron chi connectivity index (χ0n) is 16.8. The molecule has 10 heteroatoms. The lowest BCUT2D eigenvalue weighted by Crippen LogP contribution is -2.11. The van der Waals surface area contributed by atoms with Crippen molar-refractivity contribution in [2.24, 2.45) is 0 Å². The van der Waals surface area contributed by atoms with Crippen molar-refractivity contribution >= 4 is 52.1 Å². The van der Waals surface area contributed by atoms with E-state index in [9.17, 15) is 20.5 Å². The highest BCUT2D eigenvalue weighted by Gasteiger charge is 2.28. The van der Waals surface area contributed by atoms with Crippen LogP contribution in [-0.2, 0) is 6.42 Å². The Balaban J connectivity index is 0.000000294. The van der Waals surface area contributed by atoms with Gasteiger partial charge in [0.05, 0.1) is 49.1 Å². The van der Waals surface area contributed by atoms with E-state index in [4.69, 9.17) is 51.7 Å². The largest absolute Gasteiger partial charge is 0.386 e. The molecule has 0 aliphatic carbocycles. The number of hydrogen-bond acceptors (Lipinski definition) is 5. The van der Waals surface area contributed by atoms with Gasteiger partial charge in [-0.25, -0.2) is 0 Å². The van der Waals surface area contributed by atoms with E-state index in [0.717, 1.165) is 5.56 Å².